The van der Waals surface area contributed by atoms with E-state index in [0.717, 1.165) is 10.0 Å². The first-order chi connectivity index (χ1) is 10.1. The lowest BCUT2D eigenvalue weighted by Crippen LogP contribution is -2.62. The number of rotatable bonds is 2. The summed E-state index contributed by atoms with van der Waals surface area (Å²) < 4.78 is 22.9. The molecule has 7 heteroatoms. The molecule has 6 nitrogen and oxygen atoms in total. The molecule has 0 amide bonds. The van der Waals surface area contributed by atoms with E-state index >= 15 is 0 Å². The van der Waals surface area contributed by atoms with Crippen LogP contribution in [0.2, 0.25) is 0 Å². The Kier molecular flexibility index (Phi) is 4.60. The first-order valence-corrected chi connectivity index (χ1v) is 7.46. The van der Waals surface area contributed by atoms with E-state index < -0.39 is 37.0 Å². The molecule has 0 aromatic heterocycles. The Hall–Kier alpha value is -0.540. The van der Waals surface area contributed by atoms with Crippen LogP contribution in [0.3, 0.4) is 0 Å². The quantitative estimate of drug-likeness (QED) is 0.817. The molecule has 2 N–H and O–H groups in total. The highest BCUT2D eigenvalue weighted by atomic mass is 79.9. The van der Waals surface area contributed by atoms with E-state index in [9.17, 15) is 10.2 Å². The van der Waals surface area contributed by atoms with E-state index in [-0.39, 0.29) is 6.61 Å². The zero-order chi connectivity index (χ0) is 15.0. The number of hydrogen-bond donors (Lipinski definition) is 2. The second-order valence-electron chi connectivity index (χ2n) is 5.08. The van der Waals surface area contributed by atoms with E-state index in [1.807, 2.05) is 24.3 Å². The number of halogens is 1. The average Bonchev–Trinajstić information content (AvgIpc) is 2.51. The number of ether oxygens (including phenoxy) is 4. The molecule has 2 aliphatic heterocycles. The van der Waals surface area contributed by atoms with Crippen molar-refractivity contribution in [2.45, 2.75) is 37.0 Å². The highest BCUT2D eigenvalue weighted by Crippen LogP contribution is 2.34. The summed E-state index contributed by atoms with van der Waals surface area (Å²) in [7, 11) is 1.41. The van der Waals surface area contributed by atoms with Crippen molar-refractivity contribution in [3.05, 3.63) is 34.3 Å². The predicted molar refractivity (Wildman–Crippen MR) is 75.4 cm³/mol. The third kappa shape index (κ3) is 3.00. The van der Waals surface area contributed by atoms with Crippen LogP contribution >= 0.6 is 15.9 Å². The second-order valence-corrected chi connectivity index (χ2v) is 5.99. The fraction of sp³-hybridized carbons (Fsp3) is 0.571. The Morgan fingerprint density at radius 2 is 1.86 bits per heavy atom. The molecule has 2 heterocycles. The largest absolute Gasteiger partial charge is 0.387 e. The van der Waals surface area contributed by atoms with Crippen LogP contribution in [-0.2, 0) is 18.9 Å². The van der Waals surface area contributed by atoms with E-state index in [0.29, 0.717) is 0 Å². The summed E-state index contributed by atoms with van der Waals surface area (Å²) in [5.74, 6) is 0. The van der Waals surface area contributed by atoms with E-state index in [2.05, 4.69) is 15.9 Å². The van der Waals surface area contributed by atoms with Crippen molar-refractivity contribution >= 4 is 15.9 Å². The summed E-state index contributed by atoms with van der Waals surface area (Å²) in [6, 6.07) is 7.52. The van der Waals surface area contributed by atoms with Gasteiger partial charge >= 0.3 is 0 Å². The van der Waals surface area contributed by atoms with E-state index in [4.69, 9.17) is 18.9 Å². The third-order valence-electron chi connectivity index (χ3n) is 3.71. The fourth-order valence-electron chi connectivity index (χ4n) is 2.56. The molecule has 2 saturated heterocycles. The Morgan fingerprint density at radius 1 is 1.14 bits per heavy atom. The number of fused-ring (bicyclic) bond motifs is 1. The van der Waals surface area contributed by atoms with Crippen molar-refractivity contribution in [3.63, 3.8) is 0 Å². The highest BCUT2D eigenvalue weighted by molar-refractivity contribution is 9.10. The van der Waals surface area contributed by atoms with Crippen molar-refractivity contribution in [1.82, 2.24) is 0 Å². The summed E-state index contributed by atoms with van der Waals surface area (Å²) in [5.41, 5.74) is 0.840. The smallest absolute Gasteiger partial charge is 0.186 e. The maximum atomic E-state index is 10.2. The van der Waals surface area contributed by atoms with Gasteiger partial charge in [-0.3, -0.25) is 0 Å². The van der Waals surface area contributed by atoms with Crippen molar-refractivity contribution in [2.24, 2.45) is 0 Å². The molecule has 2 aliphatic rings. The first kappa shape index (κ1) is 15.4. The molecule has 0 unspecified atom stereocenters. The molecule has 1 aromatic carbocycles. The zero-order valence-corrected chi connectivity index (χ0v) is 13.0. The summed E-state index contributed by atoms with van der Waals surface area (Å²) in [6.07, 6.45) is -4.84. The summed E-state index contributed by atoms with van der Waals surface area (Å²) >= 11 is 3.37. The van der Waals surface area contributed by atoms with Gasteiger partial charge in [0.2, 0.25) is 0 Å². The van der Waals surface area contributed by atoms with Crippen molar-refractivity contribution in [1.29, 1.82) is 0 Å². The SMILES string of the molecule is CO[C@H]1O[C@@H]2CO[C@@H](c3ccc(Br)cc3)O[C@H]2[C@H](O)[C@H]1O. The third-order valence-corrected chi connectivity index (χ3v) is 4.24. The standard InChI is InChI=1S/C14H17BrO6/c1-18-14-11(17)10(16)12-9(20-14)6-19-13(21-12)7-2-4-8(15)5-3-7/h2-5,9-14,16-17H,6H2,1H3/t9-,10-,11-,12-,13-,14+/m1/s1. The molecule has 6 atom stereocenters. The molecule has 0 radical (unpaired) electrons. The van der Waals surface area contributed by atoms with Gasteiger partial charge in [0.15, 0.2) is 12.6 Å². The second kappa shape index (κ2) is 6.29. The molecule has 0 bridgehead atoms. The fourth-order valence-corrected chi connectivity index (χ4v) is 2.83. The van der Waals surface area contributed by atoms with Crippen LogP contribution in [0.25, 0.3) is 0 Å². The van der Waals surface area contributed by atoms with Crippen LogP contribution in [0.5, 0.6) is 0 Å². The molecule has 21 heavy (non-hydrogen) atoms. The van der Waals surface area contributed by atoms with Gasteiger partial charge in [0.25, 0.3) is 0 Å². The number of methoxy groups -OCH3 is 1. The normalized spacial score (nSPS) is 39.8. The van der Waals surface area contributed by atoms with E-state index in [1.165, 1.54) is 7.11 Å². The average molecular weight is 361 g/mol. The number of aliphatic hydroxyl groups is 2. The number of aliphatic hydroxyl groups excluding tert-OH is 2. The molecule has 116 valence electrons. The van der Waals surface area contributed by atoms with Gasteiger partial charge < -0.3 is 29.2 Å². The molecule has 1 aromatic rings. The van der Waals surface area contributed by atoms with Crippen LogP contribution in [0.1, 0.15) is 11.9 Å². The monoisotopic (exact) mass is 360 g/mol. The molecular formula is C14H17BrO6. The van der Waals surface area contributed by atoms with Crippen LogP contribution < -0.4 is 0 Å². The molecule has 3 rings (SSSR count). The highest BCUT2D eigenvalue weighted by Gasteiger charge is 2.48. The Balaban J connectivity index is 1.74. The minimum absolute atomic E-state index is 0.259. The van der Waals surface area contributed by atoms with Gasteiger partial charge in [0.05, 0.1) is 6.61 Å². The van der Waals surface area contributed by atoms with Gasteiger partial charge in [-0.25, -0.2) is 0 Å². The molecule has 2 fully saturated rings. The molecular weight excluding hydrogens is 344 g/mol. The topological polar surface area (TPSA) is 77.4 Å². The summed E-state index contributed by atoms with van der Waals surface area (Å²) in [6.45, 7) is 0.259. The molecule has 0 spiro atoms. The minimum atomic E-state index is -1.15. The van der Waals surface area contributed by atoms with Gasteiger partial charge in [0.1, 0.15) is 24.4 Å². The summed E-state index contributed by atoms with van der Waals surface area (Å²) in [5, 5.41) is 20.1. The van der Waals surface area contributed by atoms with Gasteiger partial charge in [-0.15, -0.1) is 0 Å². The van der Waals surface area contributed by atoms with Crippen LogP contribution in [-0.4, -0.2) is 54.6 Å². The lowest BCUT2D eigenvalue weighted by atomic mass is 9.98. The van der Waals surface area contributed by atoms with Gasteiger partial charge in [-0.05, 0) is 12.1 Å². The summed E-state index contributed by atoms with van der Waals surface area (Å²) in [4.78, 5) is 0. The zero-order valence-electron chi connectivity index (χ0n) is 11.4. The maximum Gasteiger partial charge on any atom is 0.186 e. The van der Waals surface area contributed by atoms with Crippen molar-refractivity contribution < 1.29 is 29.2 Å². The molecule has 0 aliphatic carbocycles. The van der Waals surface area contributed by atoms with E-state index in [1.54, 1.807) is 0 Å². The van der Waals surface area contributed by atoms with Gasteiger partial charge in [-0.1, -0.05) is 28.1 Å². The Bertz CT molecular complexity index is 479. The van der Waals surface area contributed by atoms with Crippen molar-refractivity contribution in [2.75, 3.05) is 13.7 Å². The first-order valence-electron chi connectivity index (χ1n) is 6.67. The van der Waals surface area contributed by atoms with Gasteiger partial charge in [0, 0.05) is 17.1 Å². The van der Waals surface area contributed by atoms with Crippen LogP contribution in [0.4, 0.5) is 0 Å². The molecule has 0 saturated carbocycles. The Morgan fingerprint density at radius 3 is 2.52 bits per heavy atom. The van der Waals surface area contributed by atoms with Crippen LogP contribution in [0, 0.1) is 0 Å². The number of hydrogen-bond acceptors (Lipinski definition) is 6. The lowest BCUT2D eigenvalue weighted by molar-refractivity contribution is -0.358. The minimum Gasteiger partial charge on any atom is -0.387 e. The maximum absolute atomic E-state index is 10.2. The van der Waals surface area contributed by atoms with Gasteiger partial charge in [-0.2, -0.15) is 0 Å². The lowest BCUT2D eigenvalue weighted by Gasteiger charge is -2.45. The Labute approximate surface area is 130 Å². The van der Waals surface area contributed by atoms with Crippen LogP contribution in [0.15, 0.2) is 28.7 Å². The number of benzene rings is 1. The van der Waals surface area contributed by atoms with Crippen molar-refractivity contribution in [3.8, 4) is 0 Å². The predicted octanol–water partition coefficient (Wildman–Crippen LogP) is 0.956.